The van der Waals surface area contributed by atoms with Crippen molar-refractivity contribution in [2.45, 2.75) is 24.2 Å². The average molecular weight is 338 g/mol. The number of sulfonamides is 1. The number of hydrogen-bond donors (Lipinski definition) is 1. The highest BCUT2D eigenvalue weighted by molar-refractivity contribution is 7.89. The van der Waals surface area contributed by atoms with Gasteiger partial charge in [0.15, 0.2) is 0 Å². The Morgan fingerprint density at radius 1 is 1.30 bits per heavy atom. The van der Waals surface area contributed by atoms with Crippen LogP contribution in [0.2, 0.25) is 0 Å². The second kappa shape index (κ2) is 5.49. The summed E-state index contributed by atoms with van der Waals surface area (Å²) in [6, 6.07) is 6.70. The van der Waals surface area contributed by atoms with Gasteiger partial charge in [-0.05, 0) is 43.0 Å². The van der Waals surface area contributed by atoms with Gasteiger partial charge >= 0.3 is 5.97 Å². The number of carbonyl (C=O) groups is 1. The van der Waals surface area contributed by atoms with E-state index < -0.39 is 21.4 Å². The monoisotopic (exact) mass is 338 g/mol. The fraction of sp³-hybridized carbons (Fsp3) is 0.562. The minimum atomic E-state index is -3.64. The van der Waals surface area contributed by atoms with Crippen LogP contribution in [0.3, 0.4) is 0 Å². The third kappa shape index (κ3) is 2.52. The number of aliphatic carboxylic acids is 1. The molecule has 1 N–H and O–H groups in total. The molecule has 23 heavy (non-hydrogen) atoms. The Bertz CT molecular complexity index is 714. The number of carboxylic acid groups (broad SMARTS) is 1. The van der Waals surface area contributed by atoms with Gasteiger partial charge in [-0.2, -0.15) is 4.31 Å². The number of fused-ring (bicyclic) bond motifs is 1. The van der Waals surface area contributed by atoms with Crippen LogP contribution in [0.25, 0.3) is 0 Å². The quantitative estimate of drug-likeness (QED) is 0.903. The molecule has 0 bridgehead atoms. The molecule has 0 radical (unpaired) electrons. The molecule has 1 aliphatic heterocycles. The summed E-state index contributed by atoms with van der Waals surface area (Å²) in [5.74, 6) is -0.934. The lowest BCUT2D eigenvalue weighted by Gasteiger charge is -2.23. The van der Waals surface area contributed by atoms with E-state index in [0.29, 0.717) is 13.0 Å². The van der Waals surface area contributed by atoms with Gasteiger partial charge in [-0.3, -0.25) is 4.79 Å². The van der Waals surface area contributed by atoms with Gasteiger partial charge in [0.05, 0.1) is 10.3 Å². The topological polar surface area (TPSA) is 77.9 Å². The lowest BCUT2D eigenvalue weighted by Crippen LogP contribution is -2.37. The molecule has 2 fully saturated rings. The summed E-state index contributed by atoms with van der Waals surface area (Å²) in [5, 5.41) is 9.60. The van der Waals surface area contributed by atoms with Crippen molar-refractivity contribution in [3.8, 4) is 0 Å². The van der Waals surface area contributed by atoms with Gasteiger partial charge in [-0.25, -0.2) is 8.42 Å². The Morgan fingerprint density at radius 3 is 2.48 bits per heavy atom. The fourth-order valence-electron chi connectivity index (χ4n) is 3.84. The summed E-state index contributed by atoms with van der Waals surface area (Å²) in [6.45, 7) is 0.398. The first-order valence-electron chi connectivity index (χ1n) is 7.78. The summed E-state index contributed by atoms with van der Waals surface area (Å²) in [5.41, 5.74) is 0.0284. The maximum Gasteiger partial charge on any atom is 0.311 e. The lowest BCUT2D eigenvalue weighted by molar-refractivity contribution is -0.149. The van der Waals surface area contributed by atoms with Crippen LogP contribution < -0.4 is 4.90 Å². The van der Waals surface area contributed by atoms with E-state index in [4.69, 9.17) is 0 Å². The molecule has 0 spiro atoms. The third-order valence-corrected chi connectivity index (χ3v) is 7.08. The van der Waals surface area contributed by atoms with Crippen LogP contribution >= 0.6 is 0 Å². The van der Waals surface area contributed by atoms with E-state index >= 15 is 0 Å². The standard InChI is InChI=1S/C16H22N2O4S/c1-17(2)13-5-7-14(8-6-13)23(21,22)18-10-12-4-3-9-16(12,11-18)15(19)20/h5-8,12H,3-4,9-11H2,1-2H3,(H,19,20)/t12-,16+/m0/s1. The molecule has 3 rings (SSSR count). The minimum Gasteiger partial charge on any atom is -0.481 e. The summed E-state index contributed by atoms with van der Waals surface area (Å²) in [6.07, 6.45) is 2.22. The van der Waals surface area contributed by atoms with Crippen LogP contribution in [0.15, 0.2) is 29.2 Å². The molecule has 0 aromatic heterocycles. The Hall–Kier alpha value is -1.60. The van der Waals surface area contributed by atoms with E-state index in [1.165, 1.54) is 4.31 Å². The highest BCUT2D eigenvalue weighted by atomic mass is 32.2. The van der Waals surface area contributed by atoms with Crippen molar-refractivity contribution >= 4 is 21.7 Å². The molecule has 2 aliphatic rings. The first-order chi connectivity index (χ1) is 10.8. The molecule has 1 saturated carbocycles. The smallest absolute Gasteiger partial charge is 0.311 e. The Morgan fingerprint density at radius 2 is 1.96 bits per heavy atom. The van der Waals surface area contributed by atoms with Crippen LogP contribution in [0.5, 0.6) is 0 Å². The number of nitrogens with zero attached hydrogens (tertiary/aromatic N) is 2. The van der Waals surface area contributed by atoms with Crippen molar-refractivity contribution in [1.82, 2.24) is 4.31 Å². The van der Waals surface area contributed by atoms with Gasteiger partial charge in [0.2, 0.25) is 10.0 Å². The SMILES string of the molecule is CN(C)c1ccc(S(=O)(=O)N2C[C@@H]3CCC[C@@]3(C(=O)O)C2)cc1. The molecule has 1 aromatic carbocycles. The molecule has 126 valence electrons. The van der Waals surface area contributed by atoms with Crippen molar-refractivity contribution < 1.29 is 18.3 Å². The van der Waals surface area contributed by atoms with Crippen molar-refractivity contribution in [2.75, 3.05) is 32.1 Å². The van der Waals surface area contributed by atoms with Gasteiger partial charge in [-0.1, -0.05) is 6.42 Å². The van der Waals surface area contributed by atoms with Crippen LogP contribution in [0.1, 0.15) is 19.3 Å². The molecular weight excluding hydrogens is 316 g/mol. The molecule has 1 heterocycles. The first-order valence-corrected chi connectivity index (χ1v) is 9.22. The Kier molecular flexibility index (Phi) is 3.88. The summed E-state index contributed by atoms with van der Waals surface area (Å²) >= 11 is 0. The molecule has 7 heteroatoms. The normalized spacial score (nSPS) is 27.8. The maximum atomic E-state index is 12.8. The number of benzene rings is 1. The lowest BCUT2D eigenvalue weighted by atomic mass is 9.81. The largest absolute Gasteiger partial charge is 0.481 e. The molecule has 1 saturated heterocycles. The molecule has 0 amide bonds. The van der Waals surface area contributed by atoms with Gasteiger partial charge in [0.25, 0.3) is 0 Å². The van der Waals surface area contributed by atoms with Crippen molar-refractivity contribution in [2.24, 2.45) is 11.3 Å². The predicted octanol–water partition coefficient (Wildman–Crippen LogP) is 1.63. The Balaban J connectivity index is 1.88. The zero-order valence-electron chi connectivity index (χ0n) is 13.4. The molecule has 1 aromatic rings. The fourth-order valence-corrected chi connectivity index (χ4v) is 5.40. The number of rotatable bonds is 4. The summed E-state index contributed by atoms with van der Waals surface area (Å²) < 4.78 is 27.0. The van der Waals surface area contributed by atoms with Gasteiger partial charge < -0.3 is 10.0 Å². The van der Waals surface area contributed by atoms with Gasteiger partial charge in [0, 0.05) is 32.9 Å². The van der Waals surface area contributed by atoms with Crippen LogP contribution in [-0.4, -0.2) is 51.0 Å². The number of hydrogen-bond acceptors (Lipinski definition) is 4. The van der Waals surface area contributed by atoms with Crippen LogP contribution in [0.4, 0.5) is 5.69 Å². The first kappa shape index (κ1) is 16.3. The van der Waals surface area contributed by atoms with Crippen molar-refractivity contribution in [3.05, 3.63) is 24.3 Å². The highest BCUT2D eigenvalue weighted by Gasteiger charge is 2.57. The molecule has 1 aliphatic carbocycles. The van der Waals surface area contributed by atoms with Crippen molar-refractivity contribution in [3.63, 3.8) is 0 Å². The molecule has 2 atom stereocenters. The second-order valence-corrected chi connectivity index (χ2v) is 8.67. The Labute approximate surface area is 136 Å². The molecular formula is C16H22N2O4S. The van der Waals surface area contributed by atoms with E-state index in [1.54, 1.807) is 24.3 Å². The van der Waals surface area contributed by atoms with E-state index in [9.17, 15) is 18.3 Å². The van der Waals surface area contributed by atoms with Crippen molar-refractivity contribution in [1.29, 1.82) is 0 Å². The number of anilines is 1. The summed E-state index contributed by atoms with van der Waals surface area (Å²) in [7, 11) is 0.138. The minimum absolute atomic E-state index is 0.0733. The average Bonchev–Trinajstić information content (AvgIpc) is 3.05. The van der Waals surface area contributed by atoms with Gasteiger partial charge in [-0.15, -0.1) is 0 Å². The molecule has 6 nitrogen and oxygen atoms in total. The second-order valence-electron chi connectivity index (χ2n) is 6.74. The molecule has 0 unspecified atom stereocenters. The third-order valence-electron chi connectivity index (χ3n) is 5.26. The highest BCUT2D eigenvalue weighted by Crippen LogP contribution is 2.50. The van der Waals surface area contributed by atoms with Crippen LogP contribution in [0, 0.1) is 11.3 Å². The van der Waals surface area contributed by atoms with E-state index in [2.05, 4.69) is 0 Å². The number of carboxylic acids is 1. The zero-order valence-corrected chi connectivity index (χ0v) is 14.2. The van der Waals surface area contributed by atoms with Gasteiger partial charge in [0.1, 0.15) is 0 Å². The predicted molar refractivity (Wildman–Crippen MR) is 86.9 cm³/mol. The van der Waals surface area contributed by atoms with E-state index in [1.807, 2.05) is 19.0 Å². The summed E-state index contributed by atoms with van der Waals surface area (Å²) in [4.78, 5) is 13.8. The van der Waals surface area contributed by atoms with E-state index in [-0.39, 0.29) is 17.4 Å². The van der Waals surface area contributed by atoms with E-state index in [0.717, 1.165) is 18.5 Å². The zero-order chi connectivity index (χ0) is 16.8. The maximum absolute atomic E-state index is 12.8. The van der Waals surface area contributed by atoms with Crippen LogP contribution in [-0.2, 0) is 14.8 Å².